The number of carboxylic acid groups (broad SMARTS) is 1. The normalized spacial score (nSPS) is 18.5. The van der Waals surface area contributed by atoms with Gasteiger partial charge in [-0.05, 0) is 40.2 Å². The number of thiazole rings is 1. The summed E-state index contributed by atoms with van der Waals surface area (Å²) in [5.74, 6) is -0.480. The van der Waals surface area contributed by atoms with Gasteiger partial charge in [-0.2, -0.15) is 0 Å². The summed E-state index contributed by atoms with van der Waals surface area (Å²) in [6.07, 6.45) is -0.457. The van der Waals surface area contributed by atoms with Gasteiger partial charge in [-0.1, -0.05) is 24.3 Å². The van der Waals surface area contributed by atoms with Crippen molar-refractivity contribution in [2.75, 3.05) is 11.4 Å². The number of hydrogen-bond donors (Lipinski definition) is 1. The van der Waals surface area contributed by atoms with Crippen LogP contribution in [0.2, 0.25) is 0 Å². The van der Waals surface area contributed by atoms with Crippen molar-refractivity contribution in [1.29, 1.82) is 0 Å². The Morgan fingerprint density at radius 3 is 2.46 bits per heavy atom. The van der Waals surface area contributed by atoms with Crippen molar-refractivity contribution in [2.45, 2.75) is 52.2 Å². The fraction of sp³-hybridized carbons (Fsp3) is 0.529. The van der Waals surface area contributed by atoms with Crippen LogP contribution in [0.4, 0.5) is 14.3 Å². The summed E-state index contributed by atoms with van der Waals surface area (Å²) in [5, 5.41) is 9.62. The highest BCUT2D eigenvalue weighted by Gasteiger charge is 2.52. The molecule has 0 aliphatic carbocycles. The largest absolute Gasteiger partial charge is 0.497 e. The van der Waals surface area contributed by atoms with Gasteiger partial charge < -0.3 is 14.4 Å². The van der Waals surface area contributed by atoms with Gasteiger partial charge in [-0.15, -0.1) is 0 Å². The molecule has 1 fully saturated rings. The van der Waals surface area contributed by atoms with Gasteiger partial charge in [-0.3, -0.25) is 4.90 Å². The first-order valence-electron chi connectivity index (χ1n) is 8.52. The lowest BCUT2D eigenvalue weighted by atomic mass is 9.78. The number of nitrogens with zero attached hydrogens (tertiary/aromatic N) is 2. The molecule has 3 rings (SSSR count). The summed E-state index contributed by atoms with van der Waals surface area (Å²) in [7, 11) is -0.818. The second-order valence-corrected chi connectivity index (χ2v) is 8.31. The maximum absolute atomic E-state index is 15.1. The number of anilines is 1. The zero-order valence-electron chi connectivity index (χ0n) is 15.5. The molecule has 1 aromatic carbocycles. The van der Waals surface area contributed by atoms with E-state index in [2.05, 4.69) is 4.98 Å². The van der Waals surface area contributed by atoms with Crippen LogP contribution in [0.3, 0.4) is 0 Å². The molecule has 26 heavy (non-hydrogen) atoms. The van der Waals surface area contributed by atoms with Crippen LogP contribution in [0.5, 0.6) is 0 Å². The smallest absolute Gasteiger partial charge is 0.465 e. The van der Waals surface area contributed by atoms with E-state index in [9.17, 15) is 9.90 Å². The van der Waals surface area contributed by atoms with Crippen LogP contribution in [-0.2, 0) is 9.31 Å². The predicted molar refractivity (Wildman–Crippen MR) is 101 cm³/mol. The SMILES string of the molecule is CCCN(C(=O)O)c1nc2ccc(B3OC(C)(C)C(C)(C)O3)c(F)c2s1. The summed E-state index contributed by atoms with van der Waals surface area (Å²) in [5.41, 5.74) is -0.424. The summed E-state index contributed by atoms with van der Waals surface area (Å²) >= 11 is 1.02. The average molecular weight is 380 g/mol. The molecule has 0 spiro atoms. The number of aromatic nitrogens is 1. The third-order valence-corrected chi connectivity index (χ3v) is 6.02. The van der Waals surface area contributed by atoms with E-state index in [1.165, 1.54) is 0 Å². The Bertz CT molecular complexity index is 839. The molecule has 2 heterocycles. The topological polar surface area (TPSA) is 71.9 Å². The van der Waals surface area contributed by atoms with Gasteiger partial charge in [0.25, 0.3) is 0 Å². The van der Waals surface area contributed by atoms with Crippen molar-refractivity contribution < 1.29 is 23.6 Å². The molecule has 0 bridgehead atoms. The minimum absolute atomic E-state index is 0.263. The number of benzene rings is 1. The zero-order chi connectivity index (χ0) is 19.3. The molecule has 2 aromatic rings. The number of carbonyl (C=O) groups is 1. The molecular formula is C17H22BFN2O4S. The standard InChI is InChI=1S/C17H22BFN2O4S/c1-6-9-21(15(22)23)14-20-11-8-7-10(12(19)13(11)26-14)18-24-16(2,3)17(4,5)25-18/h7-8H,6,9H2,1-5H3,(H,22,23). The number of hydrogen-bond acceptors (Lipinski definition) is 5. The summed E-state index contributed by atoms with van der Waals surface area (Å²) in [6, 6.07) is 3.26. The fourth-order valence-corrected chi connectivity index (χ4v) is 3.76. The molecule has 1 aromatic heterocycles. The molecule has 9 heteroatoms. The highest BCUT2D eigenvalue weighted by Crippen LogP contribution is 2.37. The average Bonchev–Trinajstić information content (AvgIpc) is 3.04. The van der Waals surface area contributed by atoms with E-state index < -0.39 is 30.2 Å². The number of amides is 1. The van der Waals surface area contributed by atoms with Gasteiger partial charge in [0.15, 0.2) is 5.13 Å². The molecule has 1 amide bonds. The summed E-state index contributed by atoms with van der Waals surface area (Å²) in [4.78, 5) is 16.8. The molecule has 0 saturated carbocycles. The quantitative estimate of drug-likeness (QED) is 0.821. The maximum Gasteiger partial charge on any atom is 0.497 e. The maximum atomic E-state index is 15.1. The summed E-state index contributed by atoms with van der Waals surface area (Å²) in [6.45, 7) is 9.81. The van der Waals surface area contributed by atoms with Crippen molar-refractivity contribution in [3.8, 4) is 0 Å². The minimum atomic E-state index is -1.10. The number of rotatable bonds is 4. The molecule has 6 nitrogen and oxygen atoms in total. The van der Waals surface area contributed by atoms with Crippen molar-refractivity contribution in [3.05, 3.63) is 17.9 Å². The first kappa shape index (κ1) is 19.1. The Balaban J connectivity index is 2.01. The Labute approximate surface area is 156 Å². The van der Waals surface area contributed by atoms with Gasteiger partial charge in [0.05, 0.1) is 21.4 Å². The minimum Gasteiger partial charge on any atom is -0.465 e. The van der Waals surface area contributed by atoms with Crippen molar-refractivity contribution in [1.82, 2.24) is 4.98 Å². The van der Waals surface area contributed by atoms with Crippen LogP contribution in [0.1, 0.15) is 41.0 Å². The Hall–Kier alpha value is -1.71. The zero-order valence-corrected chi connectivity index (χ0v) is 16.3. The Morgan fingerprint density at radius 1 is 1.31 bits per heavy atom. The molecule has 1 N–H and O–H groups in total. The third kappa shape index (κ3) is 3.08. The molecule has 140 valence electrons. The van der Waals surface area contributed by atoms with E-state index >= 15 is 4.39 Å². The van der Waals surface area contributed by atoms with Gasteiger partial charge in [0, 0.05) is 12.0 Å². The molecular weight excluding hydrogens is 358 g/mol. The van der Waals surface area contributed by atoms with Crippen molar-refractivity contribution in [3.63, 3.8) is 0 Å². The van der Waals surface area contributed by atoms with E-state index in [4.69, 9.17) is 9.31 Å². The van der Waals surface area contributed by atoms with Crippen LogP contribution in [0, 0.1) is 5.82 Å². The second-order valence-electron chi connectivity index (χ2n) is 7.34. The van der Waals surface area contributed by atoms with Crippen LogP contribution in [0.25, 0.3) is 10.2 Å². The van der Waals surface area contributed by atoms with E-state index in [0.29, 0.717) is 28.6 Å². The molecule has 1 aliphatic rings. The Morgan fingerprint density at radius 2 is 1.92 bits per heavy atom. The van der Waals surface area contributed by atoms with Crippen LogP contribution < -0.4 is 10.4 Å². The Kier molecular flexibility index (Phi) is 4.75. The van der Waals surface area contributed by atoms with Gasteiger partial charge in [0.2, 0.25) is 0 Å². The highest BCUT2D eigenvalue weighted by atomic mass is 32.1. The van der Waals surface area contributed by atoms with Crippen LogP contribution >= 0.6 is 11.3 Å². The monoisotopic (exact) mass is 380 g/mol. The highest BCUT2D eigenvalue weighted by molar-refractivity contribution is 7.22. The van der Waals surface area contributed by atoms with Crippen LogP contribution in [-0.4, -0.2) is 41.0 Å². The first-order valence-corrected chi connectivity index (χ1v) is 9.34. The molecule has 1 aliphatic heterocycles. The lowest BCUT2D eigenvalue weighted by Crippen LogP contribution is -2.41. The number of halogens is 1. The molecule has 0 radical (unpaired) electrons. The molecule has 1 saturated heterocycles. The van der Waals surface area contributed by atoms with Crippen molar-refractivity contribution >= 4 is 45.4 Å². The number of fused-ring (bicyclic) bond motifs is 1. The van der Waals surface area contributed by atoms with Gasteiger partial charge in [0.1, 0.15) is 5.82 Å². The van der Waals surface area contributed by atoms with Crippen molar-refractivity contribution in [2.24, 2.45) is 0 Å². The first-order chi connectivity index (χ1) is 12.1. The summed E-state index contributed by atoms with van der Waals surface area (Å²) < 4.78 is 27.3. The third-order valence-electron chi connectivity index (χ3n) is 4.93. The predicted octanol–water partition coefficient (Wildman–Crippen LogP) is 3.63. The van der Waals surface area contributed by atoms with Gasteiger partial charge >= 0.3 is 13.2 Å². The molecule has 0 unspecified atom stereocenters. The fourth-order valence-electron chi connectivity index (χ4n) is 2.73. The van der Waals surface area contributed by atoms with E-state index in [1.807, 2.05) is 34.6 Å². The lowest BCUT2D eigenvalue weighted by Gasteiger charge is -2.32. The van der Waals surface area contributed by atoms with E-state index in [-0.39, 0.29) is 5.13 Å². The second kappa shape index (κ2) is 6.47. The molecule has 0 atom stereocenters. The van der Waals surface area contributed by atoms with E-state index in [0.717, 1.165) is 16.2 Å². The van der Waals surface area contributed by atoms with Gasteiger partial charge in [-0.25, -0.2) is 14.2 Å². The van der Waals surface area contributed by atoms with Crippen LogP contribution in [0.15, 0.2) is 12.1 Å². The lowest BCUT2D eigenvalue weighted by molar-refractivity contribution is 0.00578. The van der Waals surface area contributed by atoms with E-state index in [1.54, 1.807) is 12.1 Å².